The number of amides is 2. The first-order valence-corrected chi connectivity index (χ1v) is 10.2. The van der Waals surface area contributed by atoms with Crippen molar-refractivity contribution in [3.8, 4) is 10.6 Å². The van der Waals surface area contributed by atoms with Gasteiger partial charge in [-0.25, -0.2) is 4.39 Å². The number of aromatic nitrogens is 2. The number of hydrogen-bond donors (Lipinski definition) is 1. The van der Waals surface area contributed by atoms with Crippen LogP contribution in [0.5, 0.6) is 0 Å². The van der Waals surface area contributed by atoms with Crippen LogP contribution >= 0.6 is 11.3 Å². The summed E-state index contributed by atoms with van der Waals surface area (Å²) < 4.78 is 13.1. The summed E-state index contributed by atoms with van der Waals surface area (Å²) in [6.45, 7) is 0.531. The highest BCUT2D eigenvalue weighted by Gasteiger charge is 2.34. The second kappa shape index (κ2) is 8.48. The van der Waals surface area contributed by atoms with Crippen LogP contribution in [0.3, 0.4) is 0 Å². The fraction of sp³-hybridized carbons (Fsp3) is 0.238. The maximum Gasteiger partial charge on any atom is 0.249 e. The molecule has 2 aromatic carbocycles. The van der Waals surface area contributed by atoms with E-state index in [0.717, 1.165) is 22.6 Å². The van der Waals surface area contributed by atoms with Gasteiger partial charge in [-0.05, 0) is 30.5 Å². The summed E-state index contributed by atoms with van der Waals surface area (Å²) in [5, 5.41) is 12.1. The van der Waals surface area contributed by atoms with Crippen molar-refractivity contribution in [1.29, 1.82) is 0 Å². The Kier molecular flexibility index (Phi) is 5.62. The zero-order valence-corrected chi connectivity index (χ0v) is 16.4. The first kappa shape index (κ1) is 19.2. The summed E-state index contributed by atoms with van der Waals surface area (Å²) in [6, 6.07) is 14.9. The molecule has 1 aliphatic heterocycles. The molecule has 2 amide bonds. The van der Waals surface area contributed by atoms with Crippen molar-refractivity contribution in [2.45, 2.75) is 25.3 Å². The van der Waals surface area contributed by atoms with Gasteiger partial charge in [-0.1, -0.05) is 53.8 Å². The van der Waals surface area contributed by atoms with Crippen LogP contribution < -0.4 is 5.32 Å². The van der Waals surface area contributed by atoms with Crippen LogP contribution in [0.1, 0.15) is 18.4 Å². The summed E-state index contributed by atoms with van der Waals surface area (Å²) in [6.07, 6.45) is 1.50. The predicted octanol–water partition coefficient (Wildman–Crippen LogP) is 3.52. The number of anilines is 1. The second-order valence-corrected chi connectivity index (χ2v) is 7.79. The molecule has 1 aliphatic rings. The summed E-state index contributed by atoms with van der Waals surface area (Å²) >= 11 is 1.29. The fourth-order valence-corrected chi connectivity index (χ4v) is 4.13. The molecule has 29 heavy (non-hydrogen) atoms. The molecule has 8 heteroatoms. The maximum atomic E-state index is 13.1. The van der Waals surface area contributed by atoms with Crippen molar-refractivity contribution in [1.82, 2.24) is 15.1 Å². The lowest BCUT2D eigenvalue weighted by atomic mass is 10.1. The second-order valence-electron chi connectivity index (χ2n) is 6.82. The minimum absolute atomic E-state index is 0.140. The number of carbonyl (C=O) groups is 2. The van der Waals surface area contributed by atoms with Gasteiger partial charge in [0.05, 0.1) is 6.42 Å². The van der Waals surface area contributed by atoms with Crippen molar-refractivity contribution in [2.24, 2.45) is 0 Å². The molecular weight excluding hydrogens is 391 g/mol. The van der Waals surface area contributed by atoms with Crippen molar-refractivity contribution in [2.75, 3.05) is 11.9 Å². The quantitative estimate of drug-likeness (QED) is 0.698. The number of benzene rings is 2. The fourth-order valence-electron chi connectivity index (χ4n) is 3.38. The van der Waals surface area contributed by atoms with Crippen molar-refractivity contribution < 1.29 is 14.0 Å². The summed E-state index contributed by atoms with van der Waals surface area (Å²) in [4.78, 5) is 27.0. The van der Waals surface area contributed by atoms with Crippen LogP contribution in [0, 0.1) is 5.82 Å². The third-order valence-corrected chi connectivity index (χ3v) is 5.71. The zero-order valence-electron chi connectivity index (χ0n) is 15.5. The Labute approximate surface area is 171 Å². The van der Waals surface area contributed by atoms with Crippen molar-refractivity contribution in [3.63, 3.8) is 0 Å². The van der Waals surface area contributed by atoms with Gasteiger partial charge in [-0.3, -0.25) is 14.9 Å². The van der Waals surface area contributed by atoms with Crippen LogP contribution in [-0.4, -0.2) is 39.5 Å². The van der Waals surface area contributed by atoms with Gasteiger partial charge in [0.2, 0.25) is 16.9 Å². The van der Waals surface area contributed by atoms with E-state index in [1.54, 1.807) is 17.0 Å². The molecule has 0 aliphatic carbocycles. The summed E-state index contributed by atoms with van der Waals surface area (Å²) in [5.41, 5.74) is 1.65. The average Bonchev–Trinajstić information content (AvgIpc) is 3.40. The highest BCUT2D eigenvalue weighted by atomic mass is 32.1. The highest BCUT2D eigenvalue weighted by Crippen LogP contribution is 2.27. The topological polar surface area (TPSA) is 75.2 Å². The number of carbonyl (C=O) groups excluding carboxylic acids is 2. The predicted molar refractivity (Wildman–Crippen MR) is 109 cm³/mol. The third-order valence-electron chi connectivity index (χ3n) is 4.82. The minimum atomic E-state index is -0.535. The normalized spacial score (nSPS) is 16.0. The van der Waals surface area contributed by atoms with Crippen LogP contribution in [0.15, 0.2) is 54.6 Å². The molecule has 4 rings (SSSR count). The Morgan fingerprint density at radius 2 is 1.86 bits per heavy atom. The highest BCUT2D eigenvalue weighted by molar-refractivity contribution is 7.18. The molecule has 1 atom stereocenters. The Bertz CT molecular complexity index is 1010. The van der Waals surface area contributed by atoms with Gasteiger partial charge in [0.15, 0.2) is 0 Å². The van der Waals surface area contributed by atoms with E-state index in [0.29, 0.717) is 18.1 Å². The maximum absolute atomic E-state index is 13.1. The molecule has 1 unspecified atom stereocenters. The summed E-state index contributed by atoms with van der Waals surface area (Å²) in [5.74, 6) is -0.742. The zero-order chi connectivity index (χ0) is 20.2. The largest absolute Gasteiger partial charge is 0.330 e. The molecule has 0 radical (unpaired) electrons. The van der Waals surface area contributed by atoms with E-state index in [2.05, 4.69) is 15.5 Å². The van der Waals surface area contributed by atoms with Gasteiger partial charge < -0.3 is 4.90 Å². The monoisotopic (exact) mass is 410 g/mol. The molecule has 6 nitrogen and oxygen atoms in total. The van der Waals surface area contributed by atoms with E-state index < -0.39 is 6.04 Å². The molecule has 148 valence electrons. The molecule has 1 N–H and O–H groups in total. The molecule has 1 aromatic heterocycles. The number of nitrogens with zero attached hydrogens (tertiary/aromatic N) is 3. The number of nitrogens with one attached hydrogen (secondary N) is 1. The molecule has 1 saturated heterocycles. The van der Waals surface area contributed by atoms with E-state index in [9.17, 15) is 14.0 Å². The van der Waals surface area contributed by atoms with Gasteiger partial charge in [-0.15, -0.1) is 10.2 Å². The Morgan fingerprint density at radius 1 is 1.10 bits per heavy atom. The number of rotatable bonds is 5. The van der Waals surface area contributed by atoms with E-state index in [1.165, 1.54) is 23.5 Å². The molecule has 0 saturated carbocycles. The smallest absolute Gasteiger partial charge is 0.249 e. The van der Waals surface area contributed by atoms with Gasteiger partial charge in [0, 0.05) is 12.1 Å². The third kappa shape index (κ3) is 4.48. The molecule has 2 heterocycles. The molecule has 0 bridgehead atoms. The average molecular weight is 410 g/mol. The van der Waals surface area contributed by atoms with E-state index >= 15 is 0 Å². The van der Waals surface area contributed by atoms with Gasteiger partial charge in [-0.2, -0.15) is 0 Å². The Balaban J connectivity index is 1.40. The first-order chi connectivity index (χ1) is 14.1. The van der Waals surface area contributed by atoms with Gasteiger partial charge in [0.25, 0.3) is 0 Å². The molecule has 3 aromatic rings. The van der Waals surface area contributed by atoms with E-state index in [4.69, 9.17) is 0 Å². The lowest BCUT2D eigenvalue weighted by Gasteiger charge is -2.23. The first-order valence-electron chi connectivity index (χ1n) is 9.34. The van der Waals surface area contributed by atoms with Crippen molar-refractivity contribution >= 4 is 28.3 Å². The number of likely N-dealkylation sites (tertiary alicyclic amines) is 1. The van der Waals surface area contributed by atoms with Crippen LogP contribution in [0.2, 0.25) is 0 Å². The molecule has 0 spiro atoms. The molecular formula is C21H19FN4O2S. The lowest BCUT2D eigenvalue weighted by Crippen LogP contribution is -2.43. The Morgan fingerprint density at radius 3 is 2.62 bits per heavy atom. The summed E-state index contributed by atoms with van der Waals surface area (Å²) in [7, 11) is 0. The Hall–Kier alpha value is -3.13. The van der Waals surface area contributed by atoms with Gasteiger partial charge >= 0.3 is 0 Å². The number of halogens is 1. The van der Waals surface area contributed by atoms with Crippen LogP contribution in [-0.2, 0) is 16.0 Å². The number of hydrogen-bond acceptors (Lipinski definition) is 5. The van der Waals surface area contributed by atoms with Crippen LogP contribution in [0.4, 0.5) is 9.52 Å². The SMILES string of the molecule is O=C(Nc1nnc(-c2ccccc2)s1)C1CCCN1C(=O)Cc1ccc(F)cc1. The van der Waals surface area contributed by atoms with Gasteiger partial charge in [0.1, 0.15) is 16.9 Å². The molecule has 1 fully saturated rings. The lowest BCUT2D eigenvalue weighted by molar-refractivity contribution is -0.136. The minimum Gasteiger partial charge on any atom is -0.330 e. The standard InChI is InChI=1S/C21H19FN4O2S/c22-16-10-8-14(9-11-16)13-18(27)26-12-4-7-17(26)19(28)23-21-25-24-20(29-21)15-5-2-1-3-6-15/h1-3,5-6,8-11,17H,4,7,12-13H2,(H,23,25,28). The van der Waals surface area contributed by atoms with Crippen LogP contribution in [0.25, 0.3) is 10.6 Å². The van der Waals surface area contributed by atoms with Crippen molar-refractivity contribution in [3.05, 3.63) is 66.0 Å². The van der Waals surface area contributed by atoms with E-state index in [-0.39, 0.29) is 24.1 Å². The van der Waals surface area contributed by atoms with E-state index in [1.807, 2.05) is 30.3 Å².